The lowest BCUT2D eigenvalue weighted by molar-refractivity contribution is -0.711. The van der Waals surface area contributed by atoms with Crippen molar-refractivity contribution in [2.45, 2.75) is 13.0 Å². The predicted octanol–water partition coefficient (Wildman–Crippen LogP) is 0.861. The average Bonchev–Trinajstić information content (AvgIpc) is 2.85. The van der Waals surface area contributed by atoms with Gasteiger partial charge in [-0.1, -0.05) is 6.07 Å². The Hall–Kier alpha value is -3.40. The number of hydrogen-bond donors (Lipinski definition) is 1. The highest BCUT2D eigenvalue weighted by Gasteiger charge is 2.24. The molecule has 0 atom stereocenters. The number of aryl methyl sites for hydroxylation is 1. The summed E-state index contributed by atoms with van der Waals surface area (Å²) in [6.45, 7) is 0.239. The summed E-state index contributed by atoms with van der Waals surface area (Å²) in [5.41, 5.74) is 1.08. The molecule has 0 spiro atoms. The number of carbonyl (C=O) groups excluding carboxylic acids is 1. The number of rotatable bonds is 4. The Balaban J connectivity index is 2.05. The van der Waals surface area contributed by atoms with Crippen molar-refractivity contribution in [2.24, 2.45) is 0 Å². The van der Waals surface area contributed by atoms with Gasteiger partial charge in [0.2, 0.25) is 5.69 Å². The Kier molecular flexibility index (Phi) is 3.89. The number of anilines is 1. The second-order valence-electron chi connectivity index (χ2n) is 4.84. The third-order valence-electron chi connectivity index (χ3n) is 3.39. The zero-order valence-corrected chi connectivity index (χ0v) is 12.1. The van der Waals surface area contributed by atoms with Crippen molar-refractivity contribution in [3.8, 4) is 11.9 Å². The van der Waals surface area contributed by atoms with Gasteiger partial charge < -0.3 is 10.4 Å². The lowest BCUT2D eigenvalue weighted by Gasteiger charge is -2.06. The largest absolute Gasteiger partial charge is 0.839 e. The number of nitrogens with zero attached hydrogens (tertiary/aromatic N) is 4. The van der Waals surface area contributed by atoms with Gasteiger partial charge in [0.25, 0.3) is 11.6 Å². The van der Waals surface area contributed by atoms with E-state index in [1.54, 1.807) is 42.7 Å². The lowest BCUT2D eigenvalue weighted by Crippen LogP contribution is -2.36. The highest BCUT2D eigenvalue weighted by molar-refractivity contribution is 6.04. The quantitative estimate of drug-likeness (QED) is 0.723. The molecule has 0 radical (unpaired) electrons. The molecule has 0 bridgehead atoms. The number of pyridine rings is 2. The lowest BCUT2D eigenvalue weighted by atomic mass is 10.3. The maximum atomic E-state index is 12.6. The molecule has 7 heteroatoms. The summed E-state index contributed by atoms with van der Waals surface area (Å²) in [4.78, 5) is 16.4. The molecule has 23 heavy (non-hydrogen) atoms. The molecule has 114 valence electrons. The first-order chi connectivity index (χ1) is 11.2. The fraction of sp³-hybridized carbons (Fsp3) is 0.125. The zero-order valence-electron chi connectivity index (χ0n) is 12.1. The topological polar surface area (TPSA) is 97.1 Å². The van der Waals surface area contributed by atoms with Crippen molar-refractivity contribution in [3.63, 3.8) is 0 Å². The number of nitrogens with one attached hydrogen (secondary N) is 1. The summed E-state index contributed by atoms with van der Waals surface area (Å²) in [5, 5.41) is 24.0. The van der Waals surface area contributed by atoms with E-state index in [-0.39, 0.29) is 18.7 Å². The predicted molar refractivity (Wildman–Crippen MR) is 79.5 cm³/mol. The average molecular weight is 307 g/mol. The van der Waals surface area contributed by atoms with Crippen LogP contribution in [0.2, 0.25) is 0 Å². The van der Waals surface area contributed by atoms with Gasteiger partial charge in [0.15, 0.2) is 0 Å². The number of amides is 1. The Morgan fingerprint density at radius 3 is 3.00 bits per heavy atom. The van der Waals surface area contributed by atoms with Crippen LogP contribution in [-0.2, 0) is 6.54 Å². The molecule has 3 rings (SSSR count). The van der Waals surface area contributed by atoms with Crippen LogP contribution in [0.15, 0.2) is 48.9 Å². The summed E-state index contributed by atoms with van der Waals surface area (Å²) in [5.74, 6) is -0.937. The summed E-state index contributed by atoms with van der Waals surface area (Å²) in [6, 6.07) is 10.6. The molecular weight excluding hydrogens is 294 g/mol. The molecule has 0 aliphatic carbocycles. The van der Waals surface area contributed by atoms with Gasteiger partial charge in [0.05, 0.1) is 30.6 Å². The summed E-state index contributed by atoms with van der Waals surface area (Å²) >= 11 is 0. The van der Waals surface area contributed by atoms with Crippen molar-refractivity contribution in [3.05, 3.63) is 54.6 Å². The van der Waals surface area contributed by atoms with Gasteiger partial charge in [-0.2, -0.15) is 9.66 Å². The number of hydrogen-bond acceptors (Lipinski definition) is 4. The van der Waals surface area contributed by atoms with Crippen molar-refractivity contribution in [2.75, 3.05) is 5.32 Å². The highest BCUT2D eigenvalue weighted by atomic mass is 16.3. The van der Waals surface area contributed by atoms with E-state index < -0.39 is 11.8 Å². The van der Waals surface area contributed by atoms with Gasteiger partial charge in [0, 0.05) is 12.3 Å². The molecule has 3 aromatic heterocycles. The number of carbonyl (C=O) groups is 1. The monoisotopic (exact) mass is 307 g/mol. The molecule has 3 heterocycles. The molecular formula is C16H13N5O2. The number of imidazole rings is 1. The van der Waals surface area contributed by atoms with Gasteiger partial charge in [-0.3, -0.25) is 9.78 Å². The van der Waals surface area contributed by atoms with E-state index in [9.17, 15) is 9.90 Å². The fourth-order valence-corrected chi connectivity index (χ4v) is 2.39. The second kappa shape index (κ2) is 6.15. The smallest absolute Gasteiger partial charge is 0.299 e. The van der Waals surface area contributed by atoms with E-state index in [1.165, 1.54) is 15.2 Å². The number of nitriles is 1. The molecule has 0 saturated carbocycles. The van der Waals surface area contributed by atoms with Crippen LogP contribution in [0, 0.1) is 11.3 Å². The standard InChI is InChI=1S/C16H13N5O2/c17-7-4-10-21-13-6-1-2-9-20(13)14(16(21)23)15(22)19-12-5-3-8-18-11-12/h1-3,5-6,8-9,11H,4,10H2,(H-,19,22,23). The van der Waals surface area contributed by atoms with Crippen LogP contribution >= 0.6 is 0 Å². The first-order valence-corrected chi connectivity index (χ1v) is 7.00. The molecule has 1 amide bonds. The van der Waals surface area contributed by atoms with Crippen molar-refractivity contribution in [1.29, 1.82) is 5.26 Å². The minimum Gasteiger partial charge on any atom is -0.839 e. The molecule has 0 aromatic carbocycles. The summed E-state index contributed by atoms with van der Waals surface area (Å²) in [6.07, 6.45) is 4.94. The molecule has 7 nitrogen and oxygen atoms in total. The van der Waals surface area contributed by atoms with Crippen LogP contribution in [-0.4, -0.2) is 15.3 Å². The molecule has 0 saturated heterocycles. The maximum absolute atomic E-state index is 12.6. The SMILES string of the molecule is N#CCC[n+]1c([O-])c(C(=O)Nc2cccnc2)n2ccccc21. The van der Waals surface area contributed by atoms with Gasteiger partial charge in [-0.05, 0) is 18.2 Å². The second-order valence-corrected chi connectivity index (χ2v) is 4.84. The Morgan fingerprint density at radius 1 is 1.39 bits per heavy atom. The minimum atomic E-state index is -0.514. The molecule has 0 unspecified atom stereocenters. The zero-order chi connectivity index (χ0) is 16.2. The Bertz CT molecular complexity index is 896. The Morgan fingerprint density at radius 2 is 2.26 bits per heavy atom. The van der Waals surface area contributed by atoms with Gasteiger partial charge in [-0.25, -0.2) is 4.57 Å². The third kappa shape index (κ3) is 2.70. The van der Waals surface area contributed by atoms with E-state index in [0.717, 1.165) is 0 Å². The van der Waals surface area contributed by atoms with Crippen LogP contribution in [0.25, 0.3) is 5.65 Å². The van der Waals surface area contributed by atoms with Crippen LogP contribution < -0.4 is 15.0 Å². The van der Waals surface area contributed by atoms with Crippen LogP contribution in [0.4, 0.5) is 5.69 Å². The first kappa shape index (κ1) is 14.5. The van der Waals surface area contributed by atoms with Crippen LogP contribution in [0.5, 0.6) is 5.88 Å². The minimum absolute atomic E-state index is 0.00222. The third-order valence-corrected chi connectivity index (χ3v) is 3.39. The molecule has 3 aromatic rings. The van der Waals surface area contributed by atoms with E-state index in [2.05, 4.69) is 10.3 Å². The normalized spacial score (nSPS) is 10.4. The van der Waals surface area contributed by atoms with Crippen molar-refractivity contribution in [1.82, 2.24) is 9.38 Å². The highest BCUT2D eigenvalue weighted by Crippen LogP contribution is 2.16. The fourth-order valence-electron chi connectivity index (χ4n) is 2.39. The molecule has 0 aliphatic rings. The van der Waals surface area contributed by atoms with Gasteiger partial charge in [0.1, 0.15) is 12.4 Å². The van der Waals surface area contributed by atoms with Crippen LogP contribution in [0.3, 0.4) is 0 Å². The van der Waals surface area contributed by atoms with E-state index >= 15 is 0 Å². The number of aromatic nitrogens is 3. The molecule has 1 N–H and O–H groups in total. The number of fused-ring (bicyclic) bond motifs is 1. The van der Waals surface area contributed by atoms with Gasteiger partial charge >= 0.3 is 0 Å². The summed E-state index contributed by atoms with van der Waals surface area (Å²) < 4.78 is 2.97. The van der Waals surface area contributed by atoms with Crippen molar-refractivity contribution >= 4 is 17.2 Å². The Labute approximate surface area is 132 Å². The van der Waals surface area contributed by atoms with Gasteiger partial charge in [-0.15, -0.1) is 0 Å². The molecule has 0 aliphatic heterocycles. The van der Waals surface area contributed by atoms with E-state index in [4.69, 9.17) is 5.26 Å². The van der Waals surface area contributed by atoms with Crippen molar-refractivity contribution < 1.29 is 14.5 Å². The molecule has 0 fully saturated rings. The van der Waals surface area contributed by atoms with Crippen LogP contribution in [0.1, 0.15) is 16.9 Å². The van der Waals surface area contributed by atoms with E-state index in [0.29, 0.717) is 11.3 Å². The first-order valence-electron chi connectivity index (χ1n) is 7.00. The summed E-state index contributed by atoms with van der Waals surface area (Å²) in [7, 11) is 0. The maximum Gasteiger partial charge on any atom is 0.299 e. The van der Waals surface area contributed by atoms with E-state index in [1.807, 2.05) is 6.07 Å².